The van der Waals surface area contributed by atoms with Crippen LogP contribution in [0.4, 0.5) is 14.9 Å². The van der Waals surface area contributed by atoms with Crippen LogP contribution in [0.25, 0.3) is 10.9 Å². The van der Waals surface area contributed by atoms with E-state index in [0.717, 1.165) is 38.8 Å². The Labute approximate surface area is 234 Å². The third-order valence-corrected chi connectivity index (χ3v) is 7.07. The average Bonchev–Trinajstić information content (AvgIpc) is 3.36. The number of hydrogen-bond acceptors (Lipinski definition) is 3. The lowest BCUT2D eigenvalue weighted by atomic mass is 10.1. The zero-order valence-corrected chi connectivity index (χ0v) is 23.4. The van der Waals surface area contributed by atoms with Gasteiger partial charge in [0.1, 0.15) is 12.4 Å². The molecule has 0 fully saturated rings. The lowest BCUT2D eigenvalue weighted by molar-refractivity contribution is -0.132. The molecule has 1 heterocycles. The summed E-state index contributed by atoms with van der Waals surface area (Å²) >= 11 is 0. The number of halogens is 1. The number of ether oxygens (including phenoxy) is 1. The van der Waals surface area contributed by atoms with Crippen molar-refractivity contribution >= 4 is 28.5 Å². The van der Waals surface area contributed by atoms with Crippen LogP contribution < -0.4 is 5.32 Å². The SMILES string of the molecule is COCCCN(CC(=O)N(CCc1c[nH]c2ccccc12)Cc1ccc(F)cc1)C(=O)Nc1c(C)cccc1C. The summed E-state index contributed by atoms with van der Waals surface area (Å²) in [4.78, 5) is 33.7. The molecule has 0 saturated heterocycles. The van der Waals surface area contributed by atoms with E-state index < -0.39 is 0 Å². The highest BCUT2D eigenvalue weighted by Gasteiger charge is 2.23. The quantitative estimate of drug-likeness (QED) is 0.213. The number of fused-ring (bicyclic) bond motifs is 1. The van der Waals surface area contributed by atoms with Gasteiger partial charge in [0, 0.05) is 56.1 Å². The molecule has 1 aromatic heterocycles. The van der Waals surface area contributed by atoms with E-state index in [9.17, 15) is 14.0 Å². The number of aromatic nitrogens is 1. The molecule has 2 N–H and O–H groups in total. The predicted octanol–water partition coefficient (Wildman–Crippen LogP) is 6.07. The van der Waals surface area contributed by atoms with E-state index in [1.165, 1.54) is 17.0 Å². The van der Waals surface area contributed by atoms with Crippen molar-refractivity contribution in [3.63, 3.8) is 0 Å². The minimum atomic E-state index is -0.333. The van der Waals surface area contributed by atoms with Crippen molar-refractivity contribution in [2.24, 2.45) is 0 Å². The molecule has 7 nitrogen and oxygen atoms in total. The fraction of sp³-hybridized carbons (Fsp3) is 0.312. The van der Waals surface area contributed by atoms with E-state index in [-0.39, 0.29) is 24.3 Å². The molecular weight excluding hydrogens is 507 g/mol. The van der Waals surface area contributed by atoms with Gasteiger partial charge in [-0.25, -0.2) is 9.18 Å². The van der Waals surface area contributed by atoms with Gasteiger partial charge < -0.3 is 24.8 Å². The van der Waals surface area contributed by atoms with Gasteiger partial charge in [-0.2, -0.15) is 0 Å². The molecule has 0 aliphatic carbocycles. The number of rotatable bonds is 12. The smallest absolute Gasteiger partial charge is 0.322 e. The number of aryl methyl sites for hydroxylation is 2. The first-order valence-electron chi connectivity index (χ1n) is 13.5. The predicted molar refractivity (Wildman–Crippen MR) is 157 cm³/mol. The van der Waals surface area contributed by atoms with Gasteiger partial charge in [-0.05, 0) is 67.1 Å². The summed E-state index contributed by atoms with van der Waals surface area (Å²) in [5.74, 6) is -0.508. The highest BCUT2D eigenvalue weighted by Crippen LogP contribution is 2.21. The number of para-hydroxylation sites is 2. The third-order valence-electron chi connectivity index (χ3n) is 7.07. The van der Waals surface area contributed by atoms with Gasteiger partial charge in [0.2, 0.25) is 5.91 Å². The summed E-state index contributed by atoms with van der Waals surface area (Å²) in [7, 11) is 1.61. The zero-order chi connectivity index (χ0) is 28.5. The average molecular weight is 545 g/mol. The number of carbonyl (C=O) groups is 2. The Bertz CT molecular complexity index is 1410. The second-order valence-electron chi connectivity index (χ2n) is 10.0. The highest BCUT2D eigenvalue weighted by atomic mass is 19.1. The maximum atomic E-state index is 13.8. The van der Waals surface area contributed by atoms with Crippen LogP contribution in [-0.2, 0) is 22.5 Å². The summed E-state index contributed by atoms with van der Waals surface area (Å²) in [6.07, 6.45) is 3.20. The second-order valence-corrected chi connectivity index (χ2v) is 10.0. The molecule has 210 valence electrons. The standard InChI is InChI=1S/C32H37FN4O3/c1-23-8-6-9-24(2)31(23)35-32(39)37(17-7-19-40-3)22-30(38)36(21-25-12-14-27(33)15-13-25)18-16-26-20-34-29-11-5-4-10-28(26)29/h4-6,8-15,20,34H,7,16-19,21-22H2,1-3H3,(H,35,39). The van der Waals surface area contributed by atoms with Crippen LogP contribution in [-0.4, -0.2) is 60.1 Å². The van der Waals surface area contributed by atoms with E-state index >= 15 is 0 Å². The van der Waals surface area contributed by atoms with Crippen molar-refractivity contribution in [3.8, 4) is 0 Å². The molecule has 0 saturated carbocycles. The van der Waals surface area contributed by atoms with Gasteiger partial charge in [-0.3, -0.25) is 4.79 Å². The number of nitrogens with zero attached hydrogens (tertiary/aromatic N) is 2. The van der Waals surface area contributed by atoms with Crippen LogP contribution in [0, 0.1) is 19.7 Å². The normalized spacial score (nSPS) is 11.0. The number of urea groups is 1. The Kier molecular flexibility index (Phi) is 9.91. The number of amides is 3. The van der Waals surface area contributed by atoms with Crippen molar-refractivity contribution in [3.05, 3.63) is 101 Å². The summed E-state index contributed by atoms with van der Waals surface area (Å²) in [5, 5.41) is 4.13. The van der Waals surface area contributed by atoms with Crippen molar-refractivity contribution < 1.29 is 18.7 Å². The Morgan fingerprint density at radius 3 is 2.38 bits per heavy atom. The Hall–Kier alpha value is -4.17. The Balaban J connectivity index is 1.53. The van der Waals surface area contributed by atoms with Gasteiger partial charge in [-0.15, -0.1) is 0 Å². The van der Waals surface area contributed by atoms with E-state index in [0.29, 0.717) is 39.1 Å². The molecule has 0 unspecified atom stereocenters. The summed E-state index contributed by atoms with van der Waals surface area (Å²) < 4.78 is 18.8. The van der Waals surface area contributed by atoms with Crippen molar-refractivity contribution in [1.29, 1.82) is 0 Å². The fourth-order valence-electron chi connectivity index (χ4n) is 4.81. The van der Waals surface area contributed by atoms with Crippen LogP contribution in [0.5, 0.6) is 0 Å². The molecule has 0 bridgehead atoms. The minimum absolute atomic E-state index is 0.0877. The molecule has 0 spiro atoms. The van der Waals surface area contributed by atoms with E-state index in [4.69, 9.17) is 4.74 Å². The zero-order valence-electron chi connectivity index (χ0n) is 23.4. The molecule has 8 heteroatoms. The summed E-state index contributed by atoms with van der Waals surface area (Å²) in [6, 6.07) is 19.7. The molecule has 3 amide bonds. The molecule has 0 aliphatic rings. The molecule has 3 aromatic carbocycles. The van der Waals surface area contributed by atoms with Crippen molar-refractivity contribution in [1.82, 2.24) is 14.8 Å². The molecule has 0 atom stereocenters. The molecule has 4 aromatic rings. The van der Waals surface area contributed by atoms with Gasteiger partial charge in [0.15, 0.2) is 0 Å². The number of carbonyl (C=O) groups excluding carboxylic acids is 2. The number of H-pyrrole nitrogens is 1. The Morgan fingerprint density at radius 2 is 1.65 bits per heavy atom. The van der Waals surface area contributed by atoms with Crippen molar-refractivity contribution in [2.45, 2.75) is 33.2 Å². The number of benzene rings is 3. The maximum Gasteiger partial charge on any atom is 0.322 e. The van der Waals surface area contributed by atoms with Crippen molar-refractivity contribution in [2.75, 3.05) is 38.7 Å². The lowest BCUT2D eigenvalue weighted by Gasteiger charge is -2.28. The summed E-state index contributed by atoms with van der Waals surface area (Å²) in [5.41, 5.74) is 5.62. The van der Waals surface area contributed by atoms with Gasteiger partial charge in [0.25, 0.3) is 0 Å². The van der Waals surface area contributed by atoms with Gasteiger partial charge in [0.05, 0.1) is 0 Å². The van der Waals surface area contributed by atoms with Crippen LogP contribution in [0.1, 0.15) is 28.7 Å². The van der Waals surface area contributed by atoms with E-state index in [2.05, 4.69) is 16.4 Å². The van der Waals surface area contributed by atoms with Crippen LogP contribution in [0.2, 0.25) is 0 Å². The van der Waals surface area contributed by atoms with Crippen LogP contribution in [0.15, 0.2) is 72.9 Å². The fourth-order valence-corrected chi connectivity index (χ4v) is 4.81. The second kappa shape index (κ2) is 13.8. The third kappa shape index (κ3) is 7.48. The first-order valence-corrected chi connectivity index (χ1v) is 13.5. The number of aromatic amines is 1. The van der Waals surface area contributed by atoms with E-state index in [1.54, 1.807) is 24.1 Å². The van der Waals surface area contributed by atoms with Crippen LogP contribution >= 0.6 is 0 Å². The van der Waals surface area contributed by atoms with Crippen LogP contribution in [0.3, 0.4) is 0 Å². The molecule has 0 aliphatic heterocycles. The highest BCUT2D eigenvalue weighted by molar-refractivity contribution is 5.93. The molecule has 40 heavy (non-hydrogen) atoms. The molecule has 0 radical (unpaired) electrons. The number of nitrogens with one attached hydrogen (secondary N) is 2. The monoisotopic (exact) mass is 544 g/mol. The lowest BCUT2D eigenvalue weighted by Crippen LogP contribution is -2.45. The minimum Gasteiger partial charge on any atom is -0.385 e. The summed E-state index contributed by atoms with van der Waals surface area (Å²) in [6.45, 7) is 5.39. The van der Waals surface area contributed by atoms with E-state index in [1.807, 2.05) is 56.4 Å². The van der Waals surface area contributed by atoms with Gasteiger partial charge >= 0.3 is 6.03 Å². The first-order chi connectivity index (χ1) is 19.4. The Morgan fingerprint density at radius 1 is 0.925 bits per heavy atom. The maximum absolute atomic E-state index is 13.8. The molecule has 4 rings (SSSR count). The number of hydrogen-bond donors (Lipinski definition) is 2. The number of anilines is 1. The largest absolute Gasteiger partial charge is 0.385 e. The topological polar surface area (TPSA) is 77.7 Å². The van der Waals surface area contributed by atoms with Gasteiger partial charge in [-0.1, -0.05) is 48.5 Å². The molecular formula is C32H37FN4O3. The number of methoxy groups -OCH3 is 1. The first kappa shape index (κ1) is 28.8.